The predicted octanol–water partition coefficient (Wildman–Crippen LogP) is 3.24. The first-order valence-electron chi connectivity index (χ1n) is 8.51. The van der Waals surface area contributed by atoms with Crippen LogP contribution >= 0.6 is 11.3 Å². The maximum atomic E-state index is 11.9. The first kappa shape index (κ1) is 17.2. The average Bonchev–Trinajstić information content (AvgIpc) is 3.33. The second-order valence-electron chi connectivity index (χ2n) is 6.18. The molecule has 4 rings (SSSR count). The van der Waals surface area contributed by atoms with Gasteiger partial charge in [0.05, 0.1) is 22.6 Å². The van der Waals surface area contributed by atoms with Gasteiger partial charge in [0, 0.05) is 49.7 Å². The number of rotatable bonds is 4. The van der Waals surface area contributed by atoms with Crippen LogP contribution in [0.4, 0.5) is 9.93 Å². The van der Waals surface area contributed by atoms with Crippen LogP contribution in [0.2, 0.25) is 0 Å². The van der Waals surface area contributed by atoms with Gasteiger partial charge in [0.2, 0.25) is 0 Å². The molecule has 0 spiro atoms. The van der Waals surface area contributed by atoms with E-state index in [0.717, 1.165) is 32.5 Å². The Balaban J connectivity index is 1.85. The largest absolute Gasteiger partial charge is 0.338 e. The van der Waals surface area contributed by atoms with Crippen molar-refractivity contribution in [1.82, 2.24) is 29.9 Å². The molecule has 0 unspecified atom stereocenters. The molecule has 0 atom stereocenters. The lowest BCUT2D eigenvalue weighted by molar-refractivity contribution is 0.252. The Kier molecular flexibility index (Phi) is 4.36. The van der Waals surface area contributed by atoms with E-state index >= 15 is 0 Å². The smallest absolute Gasteiger partial charge is 0.321 e. The van der Waals surface area contributed by atoms with E-state index in [0.29, 0.717) is 11.7 Å². The minimum atomic E-state index is -0.257. The van der Waals surface area contributed by atoms with Gasteiger partial charge in [-0.15, -0.1) is 0 Å². The summed E-state index contributed by atoms with van der Waals surface area (Å²) in [6.07, 6.45) is 7.60. The van der Waals surface area contributed by atoms with Crippen LogP contribution in [0.15, 0.2) is 36.9 Å². The Morgan fingerprint density at radius 2 is 1.78 bits per heavy atom. The topological polar surface area (TPSA) is 89.7 Å². The minimum Gasteiger partial charge on any atom is -0.338 e. The molecule has 9 heteroatoms. The highest BCUT2D eigenvalue weighted by molar-refractivity contribution is 7.22. The van der Waals surface area contributed by atoms with Gasteiger partial charge in [0.15, 0.2) is 5.13 Å². The SMILES string of the molecule is CCNC(=O)Nc1nc2cc(-c3cnn(C)c3)cc(-c3cnn(C)c3)c2s1. The predicted molar refractivity (Wildman–Crippen MR) is 107 cm³/mol. The number of aromatic nitrogens is 5. The zero-order chi connectivity index (χ0) is 19.0. The average molecular weight is 381 g/mol. The fraction of sp³-hybridized carbons (Fsp3) is 0.222. The summed E-state index contributed by atoms with van der Waals surface area (Å²) in [5.41, 5.74) is 4.88. The zero-order valence-corrected chi connectivity index (χ0v) is 16.0. The summed E-state index contributed by atoms with van der Waals surface area (Å²) in [5.74, 6) is 0. The molecule has 2 N–H and O–H groups in total. The van der Waals surface area contributed by atoms with Gasteiger partial charge in [-0.3, -0.25) is 14.7 Å². The van der Waals surface area contributed by atoms with Crippen LogP contribution in [0.25, 0.3) is 32.5 Å². The molecule has 3 heterocycles. The van der Waals surface area contributed by atoms with E-state index in [9.17, 15) is 4.79 Å². The third-order valence-corrected chi connectivity index (χ3v) is 5.12. The van der Waals surface area contributed by atoms with Crippen LogP contribution in [0.5, 0.6) is 0 Å². The van der Waals surface area contributed by atoms with Crippen molar-refractivity contribution >= 4 is 32.7 Å². The van der Waals surface area contributed by atoms with Gasteiger partial charge in [-0.25, -0.2) is 9.78 Å². The molecule has 0 aliphatic heterocycles. The second kappa shape index (κ2) is 6.84. The van der Waals surface area contributed by atoms with E-state index in [-0.39, 0.29) is 6.03 Å². The monoisotopic (exact) mass is 381 g/mol. The highest BCUT2D eigenvalue weighted by atomic mass is 32.1. The fourth-order valence-electron chi connectivity index (χ4n) is 2.90. The minimum absolute atomic E-state index is 0.257. The van der Waals surface area contributed by atoms with E-state index in [4.69, 9.17) is 0 Å². The number of carbonyl (C=O) groups is 1. The number of nitrogens with zero attached hydrogens (tertiary/aromatic N) is 5. The Hall–Kier alpha value is -3.20. The number of carbonyl (C=O) groups excluding carboxylic acids is 1. The van der Waals surface area contributed by atoms with Crippen LogP contribution in [0.3, 0.4) is 0 Å². The molecule has 1 aromatic carbocycles. The van der Waals surface area contributed by atoms with E-state index in [1.165, 1.54) is 11.3 Å². The second-order valence-corrected chi connectivity index (χ2v) is 7.18. The van der Waals surface area contributed by atoms with Crippen LogP contribution in [0.1, 0.15) is 6.92 Å². The van der Waals surface area contributed by atoms with Gasteiger partial charge in [-0.1, -0.05) is 11.3 Å². The Bertz CT molecular complexity index is 1120. The third kappa shape index (κ3) is 3.41. The van der Waals surface area contributed by atoms with Crippen LogP contribution < -0.4 is 10.6 Å². The maximum Gasteiger partial charge on any atom is 0.321 e. The molecule has 0 bridgehead atoms. The van der Waals surface area contributed by atoms with Crippen molar-refractivity contribution in [1.29, 1.82) is 0 Å². The number of hydrogen-bond acceptors (Lipinski definition) is 5. The van der Waals surface area contributed by atoms with E-state index in [1.807, 2.05) is 51.9 Å². The molecule has 2 amide bonds. The van der Waals surface area contributed by atoms with Crippen molar-refractivity contribution in [3.8, 4) is 22.3 Å². The highest BCUT2D eigenvalue weighted by Gasteiger charge is 2.15. The quantitative estimate of drug-likeness (QED) is 0.568. The Labute approximate surface area is 159 Å². The number of benzene rings is 1. The molecular formula is C18H19N7OS. The molecule has 0 saturated heterocycles. The van der Waals surface area contributed by atoms with Gasteiger partial charge in [0.1, 0.15) is 0 Å². The van der Waals surface area contributed by atoms with Crippen molar-refractivity contribution in [2.45, 2.75) is 6.92 Å². The fourth-order valence-corrected chi connectivity index (χ4v) is 3.88. The molecule has 0 aliphatic rings. The number of thiazole rings is 1. The maximum absolute atomic E-state index is 11.9. The number of nitrogens with one attached hydrogen (secondary N) is 2. The lowest BCUT2D eigenvalue weighted by Crippen LogP contribution is -2.28. The molecule has 0 aliphatic carbocycles. The molecule has 8 nitrogen and oxygen atoms in total. The summed E-state index contributed by atoms with van der Waals surface area (Å²) in [5, 5.41) is 14.6. The molecule has 27 heavy (non-hydrogen) atoms. The normalized spacial score (nSPS) is 11.1. The number of urea groups is 1. The van der Waals surface area contributed by atoms with Gasteiger partial charge in [-0.05, 0) is 24.6 Å². The van der Waals surface area contributed by atoms with Crippen molar-refractivity contribution in [2.24, 2.45) is 14.1 Å². The standard InChI is InChI=1S/C18H19N7OS/c1-4-19-17(26)23-18-22-15-6-11(12-7-20-24(2)9-12)5-14(16(15)27-18)13-8-21-25(3)10-13/h5-10H,4H2,1-3H3,(H2,19,22,23,26). The lowest BCUT2D eigenvalue weighted by Gasteiger charge is -2.04. The van der Waals surface area contributed by atoms with Crippen molar-refractivity contribution in [3.05, 3.63) is 36.9 Å². The number of amides is 2. The van der Waals surface area contributed by atoms with E-state index < -0.39 is 0 Å². The highest BCUT2D eigenvalue weighted by Crippen LogP contribution is 2.38. The summed E-state index contributed by atoms with van der Waals surface area (Å²) in [4.78, 5) is 16.5. The number of fused-ring (bicyclic) bond motifs is 1. The van der Waals surface area contributed by atoms with Crippen molar-refractivity contribution in [3.63, 3.8) is 0 Å². The summed E-state index contributed by atoms with van der Waals surface area (Å²) >= 11 is 1.45. The molecular weight excluding hydrogens is 362 g/mol. The number of aryl methyl sites for hydroxylation is 2. The first-order chi connectivity index (χ1) is 13.0. The van der Waals surface area contributed by atoms with Crippen LogP contribution in [-0.2, 0) is 14.1 Å². The molecule has 0 fully saturated rings. The summed E-state index contributed by atoms with van der Waals surface area (Å²) in [7, 11) is 3.78. The molecule has 3 aromatic heterocycles. The van der Waals surface area contributed by atoms with E-state index in [1.54, 1.807) is 9.36 Å². The van der Waals surface area contributed by atoms with Gasteiger partial charge in [-0.2, -0.15) is 10.2 Å². The van der Waals surface area contributed by atoms with Crippen LogP contribution in [0, 0.1) is 0 Å². The number of anilines is 1. The molecule has 138 valence electrons. The third-order valence-electron chi connectivity index (χ3n) is 4.10. The first-order valence-corrected chi connectivity index (χ1v) is 9.32. The molecule has 0 saturated carbocycles. The van der Waals surface area contributed by atoms with Crippen molar-refractivity contribution < 1.29 is 4.79 Å². The summed E-state index contributed by atoms with van der Waals surface area (Å²) in [6, 6.07) is 3.88. The summed E-state index contributed by atoms with van der Waals surface area (Å²) in [6.45, 7) is 2.43. The van der Waals surface area contributed by atoms with Gasteiger partial charge >= 0.3 is 6.03 Å². The van der Waals surface area contributed by atoms with Gasteiger partial charge < -0.3 is 5.32 Å². The Morgan fingerprint density at radius 3 is 2.41 bits per heavy atom. The van der Waals surface area contributed by atoms with Crippen LogP contribution in [-0.4, -0.2) is 37.1 Å². The number of hydrogen-bond donors (Lipinski definition) is 2. The Morgan fingerprint density at radius 1 is 1.07 bits per heavy atom. The van der Waals surface area contributed by atoms with E-state index in [2.05, 4.69) is 31.9 Å². The van der Waals surface area contributed by atoms with Gasteiger partial charge in [0.25, 0.3) is 0 Å². The zero-order valence-electron chi connectivity index (χ0n) is 15.2. The van der Waals surface area contributed by atoms with Crippen molar-refractivity contribution in [2.75, 3.05) is 11.9 Å². The summed E-state index contributed by atoms with van der Waals surface area (Å²) < 4.78 is 4.54. The lowest BCUT2D eigenvalue weighted by atomic mass is 10.0. The molecule has 4 aromatic rings. The molecule has 0 radical (unpaired) electrons.